The van der Waals surface area contributed by atoms with Crippen molar-refractivity contribution in [1.29, 1.82) is 0 Å². The quantitative estimate of drug-likeness (QED) is 0.218. The van der Waals surface area contributed by atoms with E-state index in [9.17, 15) is 35.9 Å². The number of hydrogen-bond donors (Lipinski definition) is 2. The van der Waals surface area contributed by atoms with E-state index in [-0.39, 0.29) is 51.1 Å². The molecule has 240 valence electrons. The van der Waals surface area contributed by atoms with Crippen molar-refractivity contribution < 1.29 is 35.9 Å². The first-order valence-corrected chi connectivity index (χ1v) is 13.9. The van der Waals surface area contributed by atoms with E-state index in [2.05, 4.69) is 10.3 Å². The number of amides is 1. The van der Waals surface area contributed by atoms with Gasteiger partial charge >= 0.3 is 12.4 Å². The summed E-state index contributed by atoms with van der Waals surface area (Å²) in [7, 11) is 1.73. The van der Waals surface area contributed by atoms with Gasteiger partial charge in [-0.25, -0.2) is 0 Å². The van der Waals surface area contributed by atoms with Crippen molar-refractivity contribution in [1.82, 2.24) is 20.1 Å². The van der Waals surface area contributed by atoms with Crippen LogP contribution in [0.5, 0.6) is 0 Å². The highest BCUT2D eigenvalue weighted by Gasteiger charge is 2.49. The third-order valence-electron chi connectivity index (χ3n) is 7.91. The van der Waals surface area contributed by atoms with Crippen LogP contribution >= 0.6 is 12.4 Å². The number of nitrogens with zero attached hydrogens (tertiary/aromatic N) is 2. The smallest absolute Gasteiger partial charge is 0.361 e. The molecule has 5 rings (SSSR count). The molecule has 6 nitrogen and oxygen atoms in total. The highest BCUT2D eigenvalue weighted by Crippen LogP contribution is 2.38. The van der Waals surface area contributed by atoms with Crippen LogP contribution in [0.1, 0.15) is 32.6 Å². The SMILES string of the molecule is CN(CC(=O)C1(Cc2c[nH]c3ccccc23)CNCCN1C(=O)c1cc(C(F)(F)F)cc(C(F)(F)F)c1)Cc1ccccc1.Cl. The van der Waals surface area contributed by atoms with Crippen molar-refractivity contribution in [3.63, 3.8) is 0 Å². The summed E-state index contributed by atoms with van der Waals surface area (Å²) in [4.78, 5) is 34.4. The van der Waals surface area contributed by atoms with E-state index in [1.54, 1.807) is 18.1 Å². The zero-order valence-electron chi connectivity index (χ0n) is 24.1. The maximum Gasteiger partial charge on any atom is 0.416 e. The van der Waals surface area contributed by atoms with E-state index in [1.165, 1.54) is 0 Å². The number of likely N-dealkylation sites (N-methyl/N-ethyl adjacent to an activating group) is 1. The van der Waals surface area contributed by atoms with Crippen molar-refractivity contribution in [2.24, 2.45) is 0 Å². The van der Waals surface area contributed by atoms with Gasteiger partial charge in [-0.1, -0.05) is 48.5 Å². The third kappa shape index (κ3) is 7.34. The molecule has 4 aromatic rings. The molecule has 1 aromatic heterocycles. The number of aromatic nitrogens is 1. The number of ketones is 1. The highest BCUT2D eigenvalue weighted by atomic mass is 35.5. The molecular formula is C32H31ClF6N4O2. The Morgan fingerprint density at radius 3 is 2.18 bits per heavy atom. The van der Waals surface area contributed by atoms with Gasteiger partial charge in [-0.15, -0.1) is 12.4 Å². The fraction of sp³-hybridized carbons (Fsp3) is 0.312. The molecular weight excluding hydrogens is 622 g/mol. The second-order valence-electron chi connectivity index (χ2n) is 11.1. The second-order valence-corrected chi connectivity index (χ2v) is 11.1. The van der Waals surface area contributed by atoms with E-state index in [4.69, 9.17) is 0 Å². The molecule has 13 heteroatoms. The molecule has 3 aromatic carbocycles. The number of piperazine rings is 1. The van der Waals surface area contributed by atoms with Crippen molar-refractivity contribution in [3.05, 3.63) is 107 Å². The third-order valence-corrected chi connectivity index (χ3v) is 7.91. The number of Topliss-reactive ketones (excluding diaryl/α,β-unsaturated/α-hetero) is 1. The summed E-state index contributed by atoms with van der Waals surface area (Å²) in [5.74, 6) is -1.48. The molecule has 1 atom stereocenters. The number of halogens is 7. The van der Waals surface area contributed by atoms with Gasteiger partial charge in [0.15, 0.2) is 5.78 Å². The minimum Gasteiger partial charge on any atom is -0.361 e. The predicted molar refractivity (Wildman–Crippen MR) is 160 cm³/mol. The number of alkyl halides is 6. The van der Waals surface area contributed by atoms with Crippen LogP contribution in [0.25, 0.3) is 10.9 Å². The number of rotatable bonds is 8. The van der Waals surface area contributed by atoms with Crippen LogP contribution in [-0.4, -0.2) is 65.2 Å². The van der Waals surface area contributed by atoms with Gasteiger partial charge < -0.3 is 15.2 Å². The van der Waals surface area contributed by atoms with Gasteiger partial charge in [0.1, 0.15) is 5.54 Å². The lowest BCUT2D eigenvalue weighted by Gasteiger charge is -2.47. The minimum absolute atomic E-state index is 0. The van der Waals surface area contributed by atoms with E-state index < -0.39 is 46.3 Å². The molecule has 1 saturated heterocycles. The zero-order valence-corrected chi connectivity index (χ0v) is 25.0. The van der Waals surface area contributed by atoms with Gasteiger partial charge in [0, 0.05) is 55.3 Å². The van der Waals surface area contributed by atoms with Crippen LogP contribution in [0, 0.1) is 0 Å². The summed E-state index contributed by atoms with van der Waals surface area (Å²) in [6.45, 7) is 0.326. The first-order valence-electron chi connectivity index (χ1n) is 13.9. The number of para-hydroxylation sites is 1. The summed E-state index contributed by atoms with van der Waals surface area (Å²) in [6, 6.07) is 17.5. The van der Waals surface area contributed by atoms with E-state index in [0.29, 0.717) is 24.2 Å². The van der Waals surface area contributed by atoms with Crippen molar-refractivity contribution in [2.75, 3.05) is 33.2 Å². The Labute approximate surface area is 261 Å². The highest BCUT2D eigenvalue weighted by molar-refractivity contribution is 6.01. The van der Waals surface area contributed by atoms with Crippen LogP contribution in [0.2, 0.25) is 0 Å². The number of carbonyl (C=O) groups excluding carboxylic acids is 2. The van der Waals surface area contributed by atoms with E-state index in [0.717, 1.165) is 21.4 Å². The topological polar surface area (TPSA) is 68.4 Å². The molecule has 2 heterocycles. The maximum absolute atomic E-state index is 14.3. The fourth-order valence-electron chi connectivity index (χ4n) is 5.77. The normalized spacial score (nSPS) is 17.4. The summed E-state index contributed by atoms with van der Waals surface area (Å²) in [5, 5.41) is 3.93. The lowest BCUT2D eigenvalue weighted by molar-refractivity contribution is -0.143. The molecule has 2 N–H and O–H groups in total. The Balaban J connectivity index is 0.00000461. The molecule has 0 radical (unpaired) electrons. The minimum atomic E-state index is -5.13. The number of H-pyrrole nitrogens is 1. The Morgan fingerprint density at radius 2 is 1.53 bits per heavy atom. The van der Waals surface area contributed by atoms with Gasteiger partial charge in [-0.05, 0) is 42.4 Å². The molecule has 0 aliphatic carbocycles. The van der Waals surface area contributed by atoms with Crippen molar-refractivity contribution >= 4 is 35.0 Å². The monoisotopic (exact) mass is 652 g/mol. The molecule has 1 unspecified atom stereocenters. The average molecular weight is 653 g/mol. The Kier molecular flexibility index (Phi) is 10.0. The lowest BCUT2D eigenvalue weighted by atomic mass is 9.82. The van der Waals surface area contributed by atoms with E-state index >= 15 is 0 Å². The molecule has 1 amide bonds. The van der Waals surface area contributed by atoms with Crippen LogP contribution in [0.4, 0.5) is 26.3 Å². The molecule has 0 spiro atoms. The number of aromatic amines is 1. The molecule has 1 fully saturated rings. The standard InChI is InChI=1S/C32H30F6N4O2.ClH/c1-41(18-21-7-3-2-4-8-21)19-28(43)30(16-23-17-40-27-10-6-5-9-26(23)27)20-39-11-12-42(30)29(44)22-13-24(31(33,34)35)15-25(14-22)32(36,37)38;/h2-10,13-15,17,39-40H,11-12,16,18-20H2,1H3;1H. The molecule has 1 aliphatic heterocycles. The number of benzene rings is 3. The summed E-state index contributed by atoms with van der Waals surface area (Å²) < 4.78 is 82.1. The van der Waals surface area contributed by atoms with Crippen molar-refractivity contribution in [3.8, 4) is 0 Å². The largest absolute Gasteiger partial charge is 0.416 e. The first-order chi connectivity index (χ1) is 20.8. The van der Waals surface area contributed by atoms with Crippen molar-refractivity contribution in [2.45, 2.75) is 30.9 Å². The number of carbonyl (C=O) groups is 2. The molecule has 0 bridgehead atoms. The Bertz CT molecular complexity index is 1620. The number of fused-ring (bicyclic) bond motifs is 1. The number of hydrogen-bond acceptors (Lipinski definition) is 4. The molecule has 45 heavy (non-hydrogen) atoms. The van der Waals surface area contributed by atoms with Gasteiger partial charge in [0.25, 0.3) is 5.91 Å². The molecule has 1 aliphatic rings. The van der Waals surface area contributed by atoms with Gasteiger partial charge in [0.2, 0.25) is 0 Å². The summed E-state index contributed by atoms with van der Waals surface area (Å²) >= 11 is 0. The number of nitrogens with one attached hydrogen (secondary N) is 2. The van der Waals surface area contributed by atoms with Crippen LogP contribution in [0.15, 0.2) is 79.0 Å². The summed E-state index contributed by atoms with van der Waals surface area (Å²) in [5.41, 5.74) is -3.20. The first kappa shape index (κ1) is 34.0. The Morgan fingerprint density at radius 1 is 0.911 bits per heavy atom. The van der Waals surface area contributed by atoms with Crippen LogP contribution in [0.3, 0.4) is 0 Å². The fourth-order valence-corrected chi connectivity index (χ4v) is 5.77. The predicted octanol–water partition coefficient (Wildman–Crippen LogP) is 6.36. The molecule has 0 saturated carbocycles. The summed E-state index contributed by atoms with van der Waals surface area (Å²) in [6.07, 6.45) is -8.57. The van der Waals surface area contributed by atoms with Gasteiger partial charge in [-0.2, -0.15) is 26.3 Å². The maximum atomic E-state index is 14.3. The van der Waals surface area contributed by atoms with Crippen LogP contribution < -0.4 is 5.32 Å². The van der Waals surface area contributed by atoms with Gasteiger partial charge in [-0.3, -0.25) is 14.5 Å². The lowest BCUT2D eigenvalue weighted by Crippen LogP contribution is -2.69. The van der Waals surface area contributed by atoms with Crippen LogP contribution in [-0.2, 0) is 30.1 Å². The average Bonchev–Trinajstić information content (AvgIpc) is 3.38. The van der Waals surface area contributed by atoms with Gasteiger partial charge in [0.05, 0.1) is 17.7 Å². The zero-order chi connectivity index (χ0) is 31.7. The Hall–Kier alpha value is -3.87. The second kappa shape index (κ2) is 13.2. The van der Waals surface area contributed by atoms with E-state index in [1.807, 2.05) is 54.6 Å².